The molecule has 0 radical (unpaired) electrons. The monoisotopic (exact) mass is 207 g/mol. The number of nitrogens with two attached hydrogens (primary N) is 1. The van der Waals surface area contributed by atoms with Crippen molar-refractivity contribution >= 4 is 5.82 Å². The summed E-state index contributed by atoms with van der Waals surface area (Å²) in [5.74, 6) is 0.586. The smallest absolute Gasteiger partial charge is 0.123 e. The Balaban J connectivity index is 2.50. The van der Waals surface area contributed by atoms with Gasteiger partial charge in [0.2, 0.25) is 0 Å². The topological polar surface area (TPSA) is 42.1 Å². The Hall–Kier alpha value is -1.09. The van der Waals surface area contributed by atoms with Gasteiger partial charge in [0.1, 0.15) is 5.82 Å². The number of rotatable bonds is 5. The molecule has 1 aromatic rings. The minimum Gasteiger partial charge on any atom is -0.384 e. The molecule has 15 heavy (non-hydrogen) atoms. The minimum absolute atomic E-state index is 0.586. The van der Waals surface area contributed by atoms with Gasteiger partial charge in [0.25, 0.3) is 0 Å². The molecule has 0 saturated heterocycles. The molecule has 1 atom stereocenters. The zero-order valence-electron chi connectivity index (χ0n) is 9.90. The van der Waals surface area contributed by atoms with E-state index in [1.165, 1.54) is 18.4 Å². The lowest BCUT2D eigenvalue weighted by Crippen LogP contribution is -2.28. The van der Waals surface area contributed by atoms with E-state index in [2.05, 4.69) is 30.8 Å². The van der Waals surface area contributed by atoms with Crippen LogP contribution in [-0.4, -0.2) is 23.0 Å². The molecule has 84 valence electrons. The zero-order chi connectivity index (χ0) is 11.3. The van der Waals surface area contributed by atoms with Crippen LogP contribution in [-0.2, 0) is 6.54 Å². The lowest BCUT2D eigenvalue weighted by molar-refractivity contribution is 0.236. The summed E-state index contributed by atoms with van der Waals surface area (Å²) in [4.78, 5) is 6.43. The molecule has 0 fully saturated rings. The maximum atomic E-state index is 5.54. The van der Waals surface area contributed by atoms with Crippen LogP contribution in [0.4, 0.5) is 5.82 Å². The van der Waals surface area contributed by atoms with E-state index in [1.54, 1.807) is 0 Å². The third kappa shape index (κ3) is 3.88. The van der Waals surface area contributed by atoms with Gasteiger partial charge in [0, 0.05) is 18.8 Å². The second-order valence-corrected chi connectivity index (χ2v) is 4.14. The number of pyridine rings is 1. The summed E-state index contributed by atoms with van der Waals surface area (Å²) in [6, 6.07) is 4.51. The van der Waals surface area contributed by atoms with Gasteiger partial charge in [0.15, 0.2) is 0 Å². The van der Waals surface area contributed by atoms with E-state index in [4.69, 9.17) is 5.73 Å². The second-order valence-electron chi connectivity index (χ2n) is 4.14. The van der Waals surface area contributed by atoms with Crippen LogP contribution < -0.4 is 5.73 Å². The fourth-order valence-electron chi connectivity index (χ4n) is 1.61. The standard InChI is InChI=1S/C12H21N3/c1-4-5-10(2)15(3)9-11-6-7-12(13)14-8-11/h6-8,10H,4-5,9H2,1-3H3,(H2,13,14). The Labute approximate surface area is 92.3 Å². The molecule has 0 amide bonds. The Kier molecular flexibility index (Phi) is 4.56. The van der Waals surface area contributed by atoms with Crippen LogP contribution in [0.3, 0.4) is 0 Å². The third-order valence-corrected chi connectivity index (χ3v) is 2.74. The number of anilines is 1. The second kappa shape index (κ2) is 5.71. The minimum atomic E-state index is 0.586. The maximum absolute atomic E-state index is 5.54. The highest BCUT2D eigenvalue weighted by Gasteiger charge is 2.08. The fourth-order valence-corrected chi connectivity index (χ4v) is 1.61. The van der Waals surface area contributed by atoms with Crippen molar-refractivity contribution in [3.63, 3.8) is 0 Å². The van der Waals surface area contributed by atoms with Gasteiger partial charge < -0.3 is 5.73 Å². The van der Waals surface area contributed by atoms with Crippen LogP contribution in [0.25, 0.3) is 0 Å². The van der Waals surface area contributed by atoms with Crippen molar-refractivity contribution in [2.45, 2.75) is 39.3 Å². The largest absolute Gasteiger partial charge is 0.384 e. The Morgan fingerprint density at radius 2 is 2.20 bits per heavy atom. The molecule has 1 unspecified atom stereocenters. The number of aromatic nitrogens is 1. The van der Waals surface area contributed by atoms with Gasteiger partial charge in [-0.25, -0.2) is 4.98 Å². The summed E-state index contributed by atoms with van der Waals surface area (Å²) in [6.07, 6.45) is 4.31. The number of nitrogens with zero attached hydrogens (tertiary/aromatic N) is 2. The van der Waals surface area contributed by atoms with Crippen LogP contribution in [0, 0.1) is 0 Å². The van der Waals surface area contributed by atoms with Crippen molar-refractivity contribution < 1.29 is 0 Å². The van der Waals surface area contributed by atoms with E-state index in [-0.39, 0.29) is 0 Å². The van der Waals surface area contributed by atoms with E-state index < -0.39 is 0 Å². The van der Waals surface area contributed by atoms with Gasteiger partial charge in [-0.2, -0.15) is 0 Å². The lowest BCUT2D eigenvalue weighted by atomic mass is 10.1. The first-order chi connectivity index (χ1) is 7.13. The van der Waals surface area contributed by atoms with Crippen molar-refractivity contribution in [2.75, 3.05) is 12.8 Å². The van der Waals surface area contributed by atoms with Crippen molar-refractivity contribution in [3.05, 3.63) is 23.9 Å². The molecule has 3 nitrogen and oxygen atoms in total. The molecule has 0 saturated carbocycles. The maximum Gasteiger partial charge on any atom is 0.123 e. The number of hydrogen-bond donors (Lipinski definition) is 1. The summed E-state index contributed by atoms with van der Waals surface area (Å²) >= 11 is 0. The molecule has 1 aromatic heterocycles. The number of nitrogen functional groups attached to an aromatic ring is 1. The van der Waals surface area contributed by atoms with Crippen molar-refractivity contribution in [1.82, 2.24) is 9.88 Å². The molecule has 0 spiro atoms. The van der Waals surface area contributed by atoms with Crippen molar-refractivity contribution in [1.29, 1.82) is 0 Å². The molecule has 0 aliphatic carbocycles. The lowest BCUT2D eigenvalue weighted by Gasteiger charge is -2.24. The molecule has 1 heterocycles. The molecule has 0 bridgehead atoms. The van der Waals surface area contributed by atoms with Crippen molar-refractivity contribution in [2.24, 2.45) is 0 Å². The average Bonchev–Trinajstić information content (AvgIpc) is 2.22. The van der Waals surface area contributed by atoms with Crippen LogP contribution in [0.5, 0.6) is 0 Å². The molecule has 3 heteroatoms. The first-order valence-corrected chi connectivity index (χ1v) is 5.54. The Bertz CT molecular complexity index is 281. The van der Waals surface area contributed by atoms with Gasteiger partial charge >= 0.3 is 0 Å². The highest BCUT2D eigenvalue weighted by molar-refractivity contribution is 5.29. The van der Waals surface area contributed by atoms with Crippen molar-refractivity contribution in [3.8, 4) is 0 Å². The van der Waals surface area contributed by atoms with E-state index in [0.717, 1.165) is 6.54 Å². The SMILES string of the molecule is CCCC(C)N(C)Cc1ccc(N)nc1. The van der Waals surface area contributed by atoms with Crippen LogP contribution >= 0.6 is 0 Å². The number of hydrogen-bond acceptors (Lipinski definition) is 3. The van der Waals surface area contributed by atoms with E-state index in [1.807, 2.05) is 18.3 Å². The third-order valence-electron chi connectivity index (χ3n) is 2.74. The highest BCUT2D eigenvalue weighted by atomic mass is 15.1. The summed E-state index contributed by atoms with van der Waals surface area (Å²) in [6.45, 7) is 5.41. The van der Waals surface area contributed by atoms with E-state index in [0.29, 0.717) is 11.9 Å². The quantitative estimate of drug-likeness (QED) is 0.805. The predicted molar refractivity (Wildman–Crippen MR) is 64.5 cm³/mol. The molecule has 1 rings (SSSR count). The van der Waals surface area contributed by atoms with Crippen LogP contribution in [0.2, 0.25) is 0 Å². The van der Waals surface area contributed by atoms with Gasteiger partial charge in [0.05, 0.1) is 0 Å². The predicted octanol–water partition coefficient (Wildman–Crippen LogP) is 2.28. The van der Waals surface area contributed by atoms with Gasteiger partial charge in [-0.1, -0.05) is 19.4 Å². The summed E-state index contributed by atoms with van der Waals surface area (Å²) < 4.78 is 0. The first kappa shape index (κ1) is 12.0. The molecule has 0 aliphatic rings. The van der Waals surface area contributed by atoms with Gasteiger partial charge in [-0.15, -0.1) is 0 Å². The summed E-state index contributed by atoms with van der Waals surface area (Å²) in [7, 11) is 2.15. The van der Waals surface area contributed by atoms with E-state index in [9.17, 15) is 0 Å². The Morgan fingerprint density at radius 3 is 2.73 bits per heavy atom. The molecule has 0 aromatic carbocycles. The first-order valence-electron chi connectivity index (χ1n) is 5.54. The van der Waals surface area contributed by atoms with Gasteiger partial charge in [-0.3, -0.25) is 4.90 Å². The highest BCUT2D eigenvalue weighted by Crippen LogP contribution is 2.09. The Morgan fingerprint density at radius 1 is 1.47 bits per heavy atom. The molecule has 0 aliphatic heterocycles. The molecular weight excluding hydrogens is 186 g/mol. The van der Waals surface area contributed by atoms with Crippen LogP contribution in [0.15, 0.2) is 18.3 Å². The van der Waals surface area contributed by atoms with Gasteiger partial charge in [-0.05, 0) is 32.0 Å². The van der Waals surface area contributed by atoms with E-state index >= 15 is 0 Å². The average molecular weight is 207 g/mol. The molecule has 2 N–H and O–H groups in total. The van der Waals surface area contributed by atoms with Crippen LogP contribution in [0.1, 0.15) is 32.3 Å². The summed E-state index contributed by atoms with van der Waals surface area (Å²) in [5, 5.41) is 0. The molecular formula is C12H21N3. The fraction of sp³-hybridized carbons (Fsp3) is 0.583. The zero-order valence-corrected chi connectivity index (χ0v) is 9.90. The normalized spacial score (nSPS) is 13.1. The summed E-state index contributed by atoms with van der Waals surface area (Å²) in [5.41, 5.74) is 6.76.